The molecule has 0 radical (unpaired) electrons. The molecule has 0 saturated heterocycles. The van der Waals surface area contributed by atoms with Crippen molar-refractivity contribution in [1.82, 2.24) is 0 Å². The second kappa shape index (κ2) is 18.3. The number of carbonyl (C=O) groups excluding carboxylic acids is 1. The van der Waals surface area contributed by atoms with Gasteiger partial charge in [-0.05, 0) is 31.4 Å². The van der Waals surface area contributed by atoms with Crippen LogP contribution in [-0.2, 0) is 4.74 Å². The summed E-state index contributed by atoms with van der Waals surface area (Å²) in [6.07, 6.45) is 18.9. The van der Waals surface area contributed by atoms with Crippen LogP contribution in [0.1, 0.15) is 121 Å². The second-order valence-electron chi connectivity index (χ2n) is 8.84. The summed E-state index contributed by atoms with van der Waals surface area (Å²) in [6, 6.07) is 7.34. The molecule has 3 heteroatoms. The monoisotopic (exact) mass is 418 g/mol. The molecule has 0 aliphatic carbocycles. The highest BCUT2D eigenvalue weighted by Gasteiger charge is 2.12. The minimum atomic E-state index is -0.306. The maximum Gasteiger partial charge on any atom is 0.341 e. The first-order chi connectivity index (χ1) is 14.6. The van der Waals surface area contributed by atoms with Gasteiger partial charge in [-0.15, -0.1) is 0 Å². The van der Waals surface area contributed by atoms with E-state index in [4.69, 9.17) is 9.47 Å². The molecule has 1 rings (SSSR count). The van der Waals surface area contributed by atoms with Gasteiger partial charge in [-0.3, -0.25) is 0 Å². The first-order valence-corrected chi connectivity index (χ1v) is 12.5. The Balaban J connectivity index is 1.91. The predicted molar refractivity (Wildman–Crippen MR) is 127 cm³/mol. The van der Waals surface area contributed by atoms with Crippen molar-refractivity contribution in [3.05, 3.63) is 29.8 Å². The molecule has 0 fully saturated rings. The summed E-state index contributed by atoms with van der Waals surface area (Å²) in [6.45, 7) is 7.50. The lowest BCUT2D eigenvalue weighted by Crippen LogP contribution is -2.08. The van der Waals surface area contributed by atoms with Gasteiger partial charge in [0.05, 0.1) is 13.2 Å². The molecule has 1 aromatic rings. The number of rotatable bonds is 19. The molecule has 0 bridgehead atoms. The van der Waals surface area contributed by atoms with Gasteiger partial charge in [0.1, 0.15) is 11.3 Å². The molecule has 0 unspecified atom stereocenters. The third kappa shape index (κ3) is 13.7. The van der Waals surface area contributed by atoms with Crippen LogP contribution < -0.4 is 4.74 Å². The van der Waals surface area contributed by atoms with E-state index >= 15 is 0 Å². The lowest BCUT2D eigenvalue weighted by atomic mass is 10.0. The van der Waals surface area contributed by atoms with Gasteiger partial charge in [0.25, 0.3) is 0 Å². The van der Waals surface area contributed by atoms with Gasteiger partial charge in [-0.1, -0.05) is 109 Å². The van der Waals surface area contributed by atoms with E-state index in [0.29, 0.717) is 24.5 Å². The third-order valence-electron chi connectivity index (χ3n) is 5.57. The number of benzene rings is 1. The Morgan fingerprint density at radius 2 is 1.27 bits per heavy atom. The van der Waals surface area contributed by atoms with Gasteiger partial charge in [-0.2, -0.15) is 0 Å². The summed E-state index contributed by atoms with van der Waals surface area (Å²) < 4.78 is 10.9. The molecule has 0 aliphatic heterocycles. The number of carbonyl (C=O) groups is 1. The largest absolute Gasteiger partial charge is 0.493 e. The minimum Gasteiger partial charge on any atom is -0.493 e. The molecule has 0 aliphatic rings. The van der Waals surface area contributed by atoms with Gasteiger partial charge in [0.15, 0.2) is 0 Å². The molecular formula is C27H46O3. The lowest BCUT2D eigenvalue weighted by Gasteiger charge is -2.10. The molecule has 0 atom stereocenters. The summed E-state index contributed by atoms with van der Waals surface area (Å²) in [4.78, 5) is 11.9. The first kappa shape index (κ1) is 26.5. The fraction of sp³-hybridized carbons (Fsp3) is 0.741. The second-order valence-corrected chi connectivity index (χ2v) is 8.84. The molecule has 0 spiro atoms. The summed E-state index contributed by atoms with van der Waals surface area (Å²) in [7, 11) is 0. The third-order valence-corrected chi connectivity index (χ3v) is 5.57. The number of unbranched alkanes of at least 4 members (excludes halogenated alkanes) is 12. The van der Waals surface area contributed by atoms with E-state index in [9.17, 15) is 4.79 Å². The van der Waals surface area contributed by atoms with Crippen LogP contribution in [0.3, 0.4) is 0 Å². The van der Waals surface area contributed by atoms with E-state index in [1.54, 1.807) is 6.07 Å². The standard InChI is InChI=1S/C27H46O3/c1-4-29-27(28)25-21-17-18-22-26(25)30-23-19-15-13-11-9-7-5-6-8-10-12-14-16-20-24(2)3/h17-18,21-22,24H,4-16,19-20,23H2,1-3H3. The molecule has 3 nitrogen and oxygen atoms in total. The molecule has 1 aromatic carbocycles. The fourth-order valence-electron chi connectivity index (χ4n) is 3.75. The van der Waals surface area contributed by atoms with E-state index in [-0.39, 0.29) is 5.97 Å². The fourth-order valence-corrected chi connectivity index (χ4v) is 3.75. The topological polar surface area (TPSA) is 35.5 Å². The Morgan fingerprint density at radius 3 is 1.80 bits per heavy atom. The number of hydrogen-bond acceptors (Lipinski definition) is 3. The van der Waals surface area contributed by atoms with Crippen LogP contribution in [0.25, 0.3) is 0 Å². The van der Waals surface area contributed by atoms with Crippen LogP contribution >= 0.6 is 0 Å². The Kier molecular flexibility index (Phi) is 16.2. The molecule has 0 saturated carbocycles. The van der Waals surface area contributed by atoms with Gasteiger partial charge >= 0.3 is 5.97 Å². The molecule has 30 heavy (non-hydrogen) atoms. The maximum atomic E-state index is 11.9. The lowest BCUT2D eigenvalue weighted by molar-refractivity contribution is 0.0521. The Morgan fingerprint density at radius 1 is 0.767 bits per heavy atom. The van der Waals surface area contributed by atoms with Crippen molar-refractivity contribution in [1.29, 1.82) is 0 Å². The van der Waals surface area contributed by atoms with Crippen molar-refractivity contribution in [2.45, 2.75) is 111 Å². The average molecular weight is 419 g/mol. The highest BCUT2D eigenvalue weighted by atomic mass is 16.5. The van der Waals surface area contributed by atoms with Crippen molar-refractivity contribution in [3.63, 3.8) is 0 Å². The molecule has 0 aromatic heterocycles. The summed E-state index contributed by atoms with van der Waals surface area (Å²) >= 11 is 0. The van der Waals surface area contributed by atoms with E-state index in [1.165, 1.54) is 83.5 Å². The molecule has 0 N–H and O–H groups in total. The number of hydrogen-bond donors (Lipinski definition) is 0. The van der Waals surface area contributed by atoms with Gasteiger partial charge in [-0.25, -0.2) is 4.79 Å². The normalized spacial score (nSPS) is 11.1. The Hall–Kier alpha value is -1.51. The zero-order valence-electron chi connectivity index (χ0n) is 19.9. The molecule has 172 valence electrons. The van der Waals surface area contributed by atoms with Crippen molar-refractivity contribution in [2.75, 3.05) is 13.2 Å². The first-order valence-electron chi connectivity index (χ1n) is 12.5. The van der Waals surface area contributed by atoms with Gasteiger partial charge < -0.3 is 9.47 Å². The average Bonchev–Trinajstić information content (AvgIpc) is 2.73. The van der Waals surface area contributed by atoms with Crippen LogP contribution in [-0.4, -0.2) is 19.2 Å². The highest BCUT2D eigenvalue weighted by molar-refractivity contribution is 5.92. The SMILES string of the molecule is CCOC(=O)c1ccccc1OCCCCCCCCCCCCCCCC(C)C. The number of esters is 1. The van der Waals surface area contributed by atoms with Crippen LogP contribution in [0, 0.1) is 5.92 Å². The molecule has 0 heterocycles. The summed E-state index contributed by atoms with van der Waals surface area (Å²) in [5.74, 6) is 1.20. The minimum absolute atomic E-state index is 0.306. The van der Waals surface area contributed by atoms with E-state index in [0.717, 1.165) is 12.3 Å². The number of ether oxygens (including phenoxy) is 2. The van der Waals surface area contributed by atoms with E-state index in [2.05, 4.69) is 13.8 Å². The summed E-state index contributed by atoms with van der Waals surface area (Å²) in [5, 5.41) is 0. The predicted octanol–water partition coefficient (Wildman–Crippen LogP) is 8.36. The van der Waals surface area contributed by atoms with E-state index in [1.807, 2.05) is 25.1 Å². The van der Waals surface area contributed by atoms with E-state index < -0.39 is 0 Å². The van der Waals surface area contributed by atoms with Crippen LogP contribution in [0.15, 0.2) is 24.3 Å². The Bertz CT molecular complexity index is 539. The number of para-hydroxylation sites is 1. The van der Waals surface area contributed by atoms with Crippen LogP contribution in [0.5, 0.6) is 5.75 Å². The smallest absolute Gasteiger partial charge is 0.341 e. The van der Waals surface area contributed by atoms with Gasteiger partial charge in [0, 0.05) is 0 Å². The quantitative estimate of drug-likeness (QED) is 0.167. The maximum absolute atomic E-state index is 11.9. The van der Waals surface area contributed by atoms with Crippen molar-refractivity contribution >= 4 is 5.97 Å². The van der Waals surface area contributed by atoms with Crippen molar-refractivity contribution in [2.24, 2.45) is 5.92 Å². The van der Waals surface area contributed by atoms with Gasteiger partial charge in [0.2, 0.25) is 0 Å². The zero-order chi connectivity index (χ0) is 21.9. The zero-order valence-corrected chi connectivity index (χ0v) is 19.9. The van der Waals surface area contributed by atoms with Crippen molar-refractivity contribution < 1.29 is 14.3 Å². The van der Waals surface area contributed by atoms with Crippen LogP contribution in [0.4, 0.5) is 0 Å². The van der Waals surface area contributed by atoms with Crippen molar-refractivity contribution in [3.8, 4) is 5.75 Å². The van der Waals surface area contributed by atoms with Crippen LogP contribution in [0.2, 0.25) is 0 Å². The summed E-state index contributed by atoms with van der Waals surface area (Å²) in [5.41, 5.74) is 0.523. The highest BCUT2D eigenvalue weighted by Crippen LogP contribution is 2.20. The molecular weight excluding hydrogens is 372 g/mol. The Labute approximate surface area is 185 Å². The molecule has 0 amide bonds.